The van der Waals surface area contributed by atoms with Gasteiger partial charge in [-0.05, 0) is 109 Å². The first kappa shape index (κ1) is 76.1. The van der Waals surface area contributed by atoms with Crippen LogP contribution in [0.1, 0.15) is 323 Å². The third-order valence-electron chi connectivity index (χ3n) is 14.5. The Labute approximate surface area is 495 Å². The Kier molecular flexibility index (Phi) is 64.3. The zero-order valence-electron chi connectivity index (χ0n) is 52.6. The first-order valence-corrected chi connectivity index (χ1v) is 33.9. The van der Waals surface area contributed by atoms with E-state index in [0.29, 0.717) is 19.3 Å². The van der Waals surface area contributed by atoms with Crippen molar-refractivity contribution in [1.29, 1.82) is 0 Å². The predicted octanol–water partition coefficient (Wildman–Crippen LogP) is 23.4. The van der Waals surface area contributed by atoms with Gasteiger partial charge in [-0.25, -0.2) is 0 Å². The third kappa shape index (κ3) is 64.9. The topological polar surface area (TPSA) is 78.9 Å². The van der Waals surface area contributed by atoms with Crippen LogP contribution in [-0.4, -0.2) is 37.2 Å². The van der Waals surface area contributed by atoms with Crippen LogP contribution in [0.2, 0.25) is 0 Å². The molecule has 0 bridgehead atoms. The van der Waals surface area contributed by atoms with E-state index in [-0.39, 0.29) is 31.1 Å². The summed E-state index contributed by atoms with van der Waals surface area (Å²) in [6, 6.07) is 0. The van der Waals surface area contributed by atoms with E-state index in [1.165, 1.54) is 173 Å². The van der Waals surface area contributed by atoms with Crippen molar-refractivity contribution in [2.24, 2.45) is 0 Å². The molecule has 0 amide bonds. The van der Waals surface area contributed by atoms with Gasteiger partial charge in [0, 0.05) is 19.3 Å². The summed E-state index contributed by atoms with van der Waals surface area (Å²) in [4.78, 5) is 38.2. The molecule has 1 unspecified atom stereocenters. The van der Waals surface area contributed by atoms with E-state index in [0.717, 1.165) is 109 Å². The van der Waals surface area contributed by atoms with Crippen molar-refractivity contribution in [2.75, 3.05) is 13.2 Å². The molecule has 0 aromatic rings. The number of unbranched alkanes of at least 4 members (excludes halogenated alkanes) is 32. The molecule has 0 saturated carbocycles. The molecule has 0 aliphatic heterocycles. The van der Waals surface area contributed by atoms with Gasteiger partial charge in [0.15, 0.2) is 6.10 Å². The van der Waals surface area contributed by atoms with Crippen molar-refractivity contribution in [3.8, 4) is 0 Å². The minimum absolute atomic E-state index is 0.0779. The van der Waals surface area contributed by atoms with E-state index in [2.05, 4.69) is 130 Å². The van der Waals surface area contributed by atoms with Gasteiger partial charge < -0.3 is 14.2 Å². The van der Waals surface area contributed by atoms with Crippen molar-refractivity contribution < 1.29 is 28.6 Å². The van der Waals surface area contributed by atoms with E-state index in [4.69, 9.17) is 14.2 Å². The summed E-state index contributed by atoms with van der Waals surface area (Å²) in [7, 11) is 0. The maximum atomic E-state index is 12.9. The monoisotopic (exact) mass is 1110 g/mol. The molecule has 0 saturated heterocycles. The zero-order valence-corrected chi connectivity index (χ0v) is 52.6. The average Bonchev–Trinajstić information content (AvgIpc) is 3.46. The summed E-state index contributed by atoms with van der Waals surface area (Å²) in [5.41, 5.74) is 0. The highest BCUT2D eigenvalue weighted by Crippen LogP contribution is 2.16. The van der Waals surface area contributed by atoms with Crippen LogP contribution in [0, 0.1) is 0 Å². The number of allylic oxidation sites excluding steroid dienone is 18. The highest BCUT2D eigenvalue weighted by Gasteiger charge is 2.19. The van der Waals surface area contributed by atoms with E-state index in [1.807, 2.05) is 0 Å². The van der Waals surface area contributed by atoms with Gasteiger partial charge in [-0.3, -0.25) is 14.4 Å². The van der Waals surface area contributed by atoms with Gasteiger partial charge in [0.2, 0.25) is 0 Å². The molecule has 0 radical (unpaired) electrons. The SMILES string of the molecule is CC/C=C\C/C=C\C/C=C\C/C=C\C/C=C\C/C=C\C/C=C\CCCCCCCCCCCCCC(=O)OCC(COC(=O)CCCCCCCCCC)OC(=O)CCCCCCCCCCC/C=C\C/C=C\CCCCCCC. The van der Waals surface area contributed by atoms with Crippen molar-refractivity contribution in [1.82, 2.24) is 0 Å². The molecule has 80 heavy (non-hydrogen) atoms. The molecule has 0 aliphatic rings. The van der Waals surface area contributed by atoms with E-state index >= 15 is 0 Å². The Hall–Kier alpha value is -3.93. The van der Waals surface area contributed by atoms with Crippen LogP contribution >= 0.6 is 0 Å². The number of ether oxygens (including phenoxy) is 3. The molecule has 0 N–H and O–H groups in total. The molecule has 6 heteroatoms. The quantitative estimate of drug-likeness (QED) is 0.0261. The molecule has 0 rings (SSSR count). The largest absolute Gasteiger partial charge is 0.462 e. The molecule has 6 nitrogen and oxygen atoms in total. The summed E-state index contributed by atoms with van der Waals surface area (Å²) in [5, 5.41) is 0. The second-order valence-electron chi connectivity index (χ2n) is 22.4. The predicted molar refractivity (Wildman–Crippen MR) is 348 cm³/mol. The number of carbonyl (C=O) groups excluding carboxylic acids is 3. The van der Waals surface area contributed by atoms with Gasteiger partial charge in [0.1, 0.15) is 13.2 Å². The third-order valence-corrected chi connectivity index (χ3v) is 14.5. The van der Waals surface area contributed by atoms with Gasteiger partial charge in [-0.15, -0.1) is 0 Å². The number of hydrogen-bond acceptors (Lipinski definition) is 6. The molecule has 0 aliphatic carbocycles. The van der Waals surface area contributed by atoms with Crippen LogP contribution in [0.25, 0.3) is 0 Å². The second-order valence-corrected chi connectivity index (χ2v) is 22.4. The molecule has 458 valence electrons. The number of carbonyl (C=O) groups is 3. The van der Waals surface area contributed by atoms with Gasteiger partial charge >= 0.3 is 17.9 Å². The Bertz CT molecular complexity index is 1610. The van der Waals surface area contributed by atoms with Crippen LogP contribution < -0.4 is 0 Å². The van der Waals surface area contributed by atoms with Gasteiger partial charge in [-0.2, -0.15) is 0 Å². The molecular weight excluding hydrogens is 985 g/mol. The lowest BCUT2D eigenvalue weighted by atomic mass is 10.0. The normalized spacial score (nSPS) is 12.8. The van der Waals surface area contributed by atoms with Gasteiger partial charge in [0.05, 0.1) is 0 Å². The van der Waals surface area contributed by atoms with Crippen LogP contribution in [0.3, 0.4) is 0 Å². The summed E-state index contributed by atoms with van der Waals surface area (Å²) in [6.07, 6.45) is 92.6. The summed E-state index contributed by atoms with van der Waals surface area (Å²) in [5.74, 6) is -0.880. The van der Waals surface area contributed by atoms with Gasteiger partial charge in [-0.1, -0.05) is 304 Å². The lowest BCUT2D eigenvalue weighted by Crippen LogP contribution is -2.30. The lowest BCUT2D eigenvalue weighted by molar-refractivity contribution is -0.167. The Balaban J connectivity index is 4.14. The fraction of sp³-hybridized carbons (Fsp3) is 0.716. The molecule has 0 fully saturated rings. The fourth-order valence-electron chi connectivity index (χ4n) is 9.45. The number of esters is 3. The number of hydrogen-bond donors (Lipinski definition) is 0. The van der Waals surface area contributed by atoms with Gasteiger partial charge in [0.25, 0.3) is 0 Å². The smallest absolute Gasteiger partial charge is 0.306 e. The van der Waals surface area contributed by atoms with Crippen LogP contribution in [0.5, 0.6) is 0 Å². The highest BCUT2D eigenvalue weighted by atomic mass is 16.6. The second kappa shape index (κ2) is 67.6. The van der Waals surface area contributed by atoms with Crippen LogP contribution in [-0.2, 0) is 28.6 Å². The molecule has 0 spiro atoms. The first-order chi connectivity index (χ1) is 39.5. The minimum Gasteiger partial charge on any atom is -0.462 e. The maximum Gasteiger partial charge on any atom is 0.306 e. The highest BCUT2D eigenvalue weighted by molar-refractivity contribution is 5.71. The first-order valence-electron chi connectivity index (χ1n) is 33.9. The summed E-state index contributed by atoms with van der Waals surface area (Å²) in [6.45, 7) is 6.50. The van der Waals surface area contributed by atoms with Crippen molar-refractivity contribution in [2.45, 2.75) is 329 Å². The molecule has 0 heterocycles. The summed E-state index contributed by atoms with van der Waals surface area (Å²) >= 11 is 0. The molecule has 0 aromatic heterocycles. The Morgan fingerprint density at radius 2 is 0.487 bits per heavy atom. The Morgan fingerprint density at radius 3 is 0.762 bits per heavy atom. The molecular formula is C74H126O6. The lowest BCUT2D eigenvalue weighted by Gasteiger charge is -2.18. The summed E-state index contributed by atoms with van der Waals surface area (Å²) < 4.78 is 16.9. The zero-order chi connectivity index (χ0) is 57.8. The standard InChI is InChI=1S/C74H126O6/c1-4-7-10-13-16-19-21-23-25-27-29-31-32-33-34-35-36-37-38-39-40-41-42-44-45-47-49-51-53-55-58-61-64-67-73(76)79-70-71(69-78-72(75)66-63-60-57-18-15-12-9-6-3)80-74(77)68-65-62-59-56-54-52-50-48-46-43-30-28-26-24-22-20-17-14-11-8-5-2/h7,10,16,19,22-25,28-31,33-34,36-37,39-40,71H,4-6,8-9,11-15,17-18,20-21,26-27,32,35,38,41-70H2,1-3H3/b10-7-,19-16-,24-22-,25-23-,30-28-,31-29-,34-33-,37-36-,40-39-. The Morgan fingerprint density at radius 1 is 0.263 bits per heavy atom. The minimum atomic E-state index is -0.780. The van der Waals surface area contributed by atoms with Crippen molar-refractivity contribution in [3.63, 3.8) is 0 Å². The maximum absolute atomic E-state index is 12.9. The average molecular weight is 1110 g/mol. The number of rotatable bonds is 61. The molecule has 0 aromatic carbocycles. The van der Waals surface area contributed by atoms with E-state index in [1.54, 1.807) is 0 Å². The van der Waals surface area contributed by atoms with E-state index in [9.17, 15) is 14.4 Å². The van der Waals surface area contributed by atoms with E-state index < -0.39 is 6.10 Å². The fourth-order valence-corrected chi connectivity index (χ4v) is 9.45. The van der Waals surface area contributed by atoms with Crippen molar-refractivity contribution >= 4 is 17.9 Å². The molecule has 1 atom stereocenters. The van der Waals surface area contributed by atoms with Crippen LogP contribution in [0.4, 0.5) is 0 Å². The van der Waals surface area contributed by atoms with Crippen molar-refractivity contribution in [3.05, 3.63) is 109 Å². The van der Waals surface area contributed by atoms with Crippen LogP contribution in [0.15, 0.2) is 109 Å².